The van der Waals surface area contributed by atoms with E-state index in [0.29, 0.717) is 10.5 Å². The Kier molecular flexibility index (Phi) is 4.78. The molecule has 0 saturated carbocycles. The Labute approximate surface area is 111 Å². The van der Waals surface area contributed by atoms with Gasteiger partial charge in [-0.05, 0) is 6.92 Å². The van der Waals surface area contributed by atoms with Crippen LogP contribution >= 0.6 is 23.5 Å². The highest BCUT2D eigenvalue weighted by Crippen LogP contribution is 2.38. The van der Waals surface area contributed by atoms with Gasteiger partial charge in [-0.15, -0.1) is 0 Å². The Morgan fingerprint density at radius 1 is 1.59 bits per heavy atom. The van der Waals surface area contributed by atoms with E-state index in [9.17, 15) is 0 Å². The average Bonchev–Trinajstić information content (AvgIpc) is 2.81. The van der Waals surface area contributed by atoms with Crippen LogP contribution in [0.1, 0.15) is 25.5 Å². The molecule has 2 rings (SSSR count). The summed E-state index contributed by atoms with van der Waals surface area (Å²) in [4.78, 5) is 0. The molecule has 1 aromatic rings. The van der Waals surface area contributed by atoms with Crippen molar-refractivity contribution in [3.63, 3.8) is 0 Å². The van der Waals surface area contributed by atoms with Gasteiger partial charge in [0.15, 0.2) is 0 Å². The van der Waals surface area contributed by atoms with Gasteiger partial charge in [-0.3, -0.25) is 16.0 Å². The van der Waals surface area contributed by atoms with Crippen LogP contribution in [0.25, 0.3) is 0 Å². The lowest BCUT2D eigenvalue weighted by atomic mass is 10.1. The first-order valence-corrected chi connectivity index (χ1v) is 8.07. The number of aryl methyl sites for hydroxylation is 1. The summed E-state index contributed by atoms with van der Waals surface area (Å²) in [6, 6.07) is 0.197. The summed E-state index contributed by atoms with van der Waals surface area (Å²) >= 11 is 4.05. The van der Waals surface area contributed by atoms with Crippen LogP contribution in [0, 0.1) is 0 Å². The molecule has 1 fully saturated rings. The molecule has 4 nitrogen and oxygen atoms in total. The second-order valence-electron chi connectivity index (χ2n) is 4.19. The largest absolute Gasteiger partial charge is 0.273 e. The van der Waals surface area contributed by atoms with Crippen LogP contribution in [0.2, 0.25) is 0 Å². The first kappa shape index (κ1) is 13.3. The van der Waals surface area contributed by atoms with Crippen LogP contribution in [0.15, 0.2) is 12.4 Å². The lowest BCUT2D eigenvalue weighted by Crippen LogP contribution is -2.40. The van der Waals surface area contributed by atoms with E-state index in [0.717, 1.165) is 6.54 Å². The zero-order chi connectivity index (χ0) is 12.3. The number of hydrogen-bond acceptors (Lipinski definition) is 5. The predicted molar refractivity (Wildman–Crippen MR) is 76.1 cm³/mol. The molecule has 17 heavy (non-hydrogen) atoms. The third-order valence-corrected chi connectivity index (χ3v) is 6.28. The molecule has 0 aromatic carbocycles. The van der Waals surface area contributed by atoms with Crippen molar-refractivity contribution in [3.8, 4) is 0 Å². The first-order chi connectivity index (χ1) is 8.26. The fraction of sp³-hybridized carbons (Fsp3) is 0.727. The molecule has 0 spiro atoms. The number of nitrogens with one attached hydrogen (secondary N) is 1. The second kappa shape index (κ2) is 6.13. The minimum absolute atomic E-state index is 0.197. The van der Waals surface area contributed by atoms with Gasteiger partial charge in [0.1, 0.15) is 0 Å². The van der Waals surface area contributed by atoms with Gasteiger partial charge in [0, 0.05) is 40.3 Å². The molecular weight excluding hydrogens is 252 g/mol. The fourth-order valence-corrected chi connectivity index (χ4v) is 5.04. The van der Waals surface area contributed by atoms with Gasteiger partial charge >= 0.3 is 0 Å². The van der Waals surface area contributed by atoms with Gasteiger partial charge in [0.05, 0.1) is 12.2 Å². The lowest BCUT2D eigenvalue weighted by Gasteiger charge is -2.33. The van der Waals surface area contributed by atoms with Crippen LogP contribution in [0.5, 0.6) is 0 Å². The number of nitrogens with two attached hydrogens (primary N) is 1. The summed E-state index contributed by atoms with van der Waals surface area (Å²) in [5.74, 6) is 8.19. The Hall–Kier alpha value is -0.170. The van der Waals surface area contributed by atoms with Crippen LogP contribution in [-0.2, 0) is 6.54 Å². The van der Waals surface area contributed by atoms with Crippen molar-refractivity contribution in [2.45, 2.75) is 36.9 Å². The maximum absolute atomic E-state index is 5.74. The highest BCUT2D eigenvalue weighted by atomic mass is 32.2. The van der Waals surface area contributed by atoms with Crippen molar-refractivity contribution in [2.75, 3.05) is 11.5 Å². The first-order valence-electron chi connectivity index (χ1n) is 5.98. The summed E-state index contributed by atoms with van der Waals surface area (Å²) < 4.78 is 1.95. The SMILES string of the molecule is CCn1cc(C(NN)C2SCCSC2C)cn1. The molecule has 1 saturated heterocycles. The normalized spacial score (nSPS) is 27.0. The zero-order valence-electron chi connectivity index (χ0n) is 10.3. The van der Waals surface area contributed by atoms with Crippen molar-refractivity contribution < 1.29 is 0 Å². The number of thioether (sulfide) groups is 2. The number of rotatable bonds is 4. The number of hydrogen-bond donors (Lipinski definition) is 2. The molecule has 1 aliphatic heterocycles. The minimum Gasteiger partial charge on any atom is -0.273 e. The number of aromatic nitrogens is 2. The standard InChI is InChI=1S/C11H20N4S2/c1-3-15-7-9(6-13-15)10(14-12)11-8(2)16-4-5-17-11/h6-8,10-11,14H,3-5,12H2,1-2H3. The Bertz CT molecular complexity index is 355. The molecule has 0 amide bonds. The summed E-state index contributed by atoms with van der Waals surface area (Å²) in [5, 5.41) is 5.47. The van der Waals surface area contributed by atoms with E-state index >= 15 is 0 Å². The highest BCUT2D eigenvalue weighted by molar-refractivity contribution is 8.07. The molecule has 2 heterocycles. The molecule has 3 N–H and O–H groups in total. The summed E-state index contributed by atoms with van der Waals surface area (Å²) in [6.45, 7) is 5.28. The summed E-state index contributed by atoms with van der Waals surface area (Å²) in [5.41, 5.74) is 4.16. The summed E-state index contributed by atoms with van der Waals surface area (Å²) in [7, 11) is 0. The molecule has 6 heteroatoms. The molecule has 1 aromatic heterocycles. The molecule has 0 aliphatic carbocycles. The molecular formula is C11H20N4S2. The molecule has 3 atom stereocenters. The van der Waals surface area contributed by atoms with Gasteiger partial charge in [0.25, 0.3) is 0 Å². The highest BCUT2D eigenvalue weighted by Gasteiger charge is 2.31. The van der Waals surface area contributed by atoms with E-state index in [-0.39, 0.29) is 6.04 Å². The van der Waals surface area contributed by atoms with Crippen molar-refractivity contribution in [3.05, 3.63) is 18.0 Å². The smallest absolute Gasteiger partial charge is 0.0620 e. The van der Waals surface area contributed by atoms with Crippen LogP contribution < -0.4 is 11.3 Å². The minimum atomic E-state index is 0.197. The van der Waals surface area contributed by atoms with E-state index in [2.05, 4.69) is 30.6 Å². The molecule has 1 aliphatic rings. The topological polar surface area (TPSA) is 55.9 Å². The Balaban J connectivity index is 2.14. The molecule has 3 unspecified atom stereocenters. The van der Waals surface area contributed by atoms with E-state index in [1.807, 2.05) is 34.4 Å². The van der Waals surface area contributed by atoms with Gasteiger partial charge < -0.3 is 0 Å². The number of hydrazine groups is 1. The van der Waals surface area contributed by atoms with Crippen molar-refractivity contribution >= 4 is 23.5 Å². The lowest BCUT2D eigenvalue weighted by molar-refractivity contribution is 0.526. The third-order valence-electron chi connectivity index (χ3n) is 3.08. The molecule has 0 radical (unpaired) electrons. The van der Waals surface area contributed by atoms with Gasteiger partial charge in [-0.2, -0.15) is 28.6 Å². The predicted octanol–water partition coefficient (Wildman–Crippen LogP) is 1.64. The van der Waals surface area contributed by atoms with E-state index in [1.165, 1.54) is 17.1 Å². The second-order valence-corrected chi connectivity index (χ2v) is 6.96. The quantitative estimate of drug-likeness (QED) is 0.645. The van der Waals surface area contributed by atoms with Crippen LogP contribution in [0.3, 0.4) is 0 Å². The fourth-order valence-electron chi connectivity index (χ4n) is 2.11. The average molecular weight is 272 g/mol. The maximum Gasteiger partial charge on any atom is 0.0620 e. The summed E-state index contributed by atoms with van der Waals surface area (Å²) in [6.07, 6.45) is 4.03. The molecule has 96 valence electrons. The Morgan fingerprint density at radius 2 is 2.35 bits per heavy atom. The van der Waals surface area contributed by atoms with Crippen molar-refractivity contribution in [2.24, 2.45) is 5.84 Å². The van der Waals surface area contributed by atoms with Crippen molar-refractivity contribution in [1.82, 2.24) is 15.2 Å². The number of nitrogens with zero attached hydrogens (tertiary/aromatic N) is 2. The van der Waals surface area contributed by atoms with E-state index in [4.69, 9.17) is 5.84 Å². The van der Waals surface area contributed by atoms with Crippen LogP contribution in [-0.4, -0.2) is 31.8 Å². The molecule has 0 bridgehead atoms. The monoisotopic (exact) mass is 272 g/mol. The van der Waals surface area contributed by atoms with Gasteiger partial charge in [-0.1, -0.05) is 6.92 Å². The zero-order valence-corrected chi connectivity index (χ0v) is 11.9. The van der Waals surface area contributed by atoms with Crippen LogP contribution in [0.4, 0.5) is 0 Å². The van der Waals surface area contributed by atoms with E-state index < -0.39 is 0 Å². The van der Waals surface area contributed by atoms with Gasteiger partial charge in [0.2, 0.25) is 0 Å². The third kappa shape index (κ3) is 2.99. The van der Waals surface area contributed by atoms with E-state index in [1.54, 1.807) is 0 Å². The van der Waals surface area contributed by atoms with Gasteiger partial charge in [-0.25, -0.2) is 0 Å². The Morgan fingerprint density at radius 3 is 2.94 bits per heavy atom. The maximum atomic E-state index is 5.74. The van der Waals surface area contributed by atoms with Crippen molar-refractivity contribution in [1.29, 1.82) is 0 Å².